The van der Waals surface area contributed by atoms with E-state index >= 15 is 0 Å². The molecular weight excluding hydrogens is 206 g/mol. The third kappa shape index (κ3) is 4.94. The quantitative estimate of drug-likeness (QED) is 0.720. The van der Waals surface area contributed by atoms with Crippen molar-refractivity contribution in [2.24, 2.45) is 0 Å². The Bertz CT molecular complexity index is 222. The molecule has 0 saturated carbocycles. The summed E-state index contributed by atoms with van der Waals surface area (Å²) < 4.78 is 5.46. The predicted molar refractivity (Wildman–Crippen MR) is 62.1 cm³/mol. The minimum atomic E-state index is -0.317. The van der Waals surface area contributed by atoms with Crippen molar-refractivity contribution < 1.29 is 14.6 Å². The SMILES string of the molecule is CC(C)(CCO)NC(=O)CCC1CCCO1. The third-order valence-corrected chi connectivity index (χ3v) is 2.93. The summed E-state index contributed by atoms with van der Waals surface area (Å²) in [5, 5.41) is 11.8. The summed E-state index contributed by atoms with van der Waals surface area (Å²) in [7, 11) is 0. The van der Waals surface area contributed by atoms with Gasteiger partial charge in [-0.3, -0.25) is 4.79 Å². The van der Waals surface area contributed by atoms with Crippen LogP contribution in [0.3, 0.4) is 0 Å². The molecule has 1 heterocycles. The van der Waals surface area contributed by atoms with E-state index in [0.29, 0.717) is 12.8 Å². The van der Waals surface area contributed by atoms with Crippen molar-refractivity contribution in [3.8, 4) is 0 Å². The largest absolute Gasteiger partial charge is 0.396 e. The first-order valence-corrected chi connectivity index (χ1v) is 6.07. The predicted octanol–water partition coefficient (Wildman–Crippen LogP) is 1.22. The average molecular weight is 229 g/mol. The van der Waals surface area contributed by atoms with E-state index < -0.39 is 0 Å². The molecule has 16 heavy (non-hydrogen) atoms. The molecule has 4 nitrogen and oxygen atoms in total. The van der Waals surface area contributed by atoms with E-state index in [4.69, 9.17) is 9.84 Å². The van der Waals surface area contributed by atoms with Crippen molar-refractivity contribution in [1.29, 1.82) is 0 Å². The molecule has 4 heteroatoms. The Morgan fingerprint density at radius 2 is 2.31 bits per heavy atom. The molecule has 1 aliphatic heterocycles. The first-order chi connectivity index (χ1) is 7.53. The van der Waals surface area contributed by atoms with Crippen molar-refractivity contribution in [3.05, 3.63) is 0 Å². The summed E-state index contributed by atoms with van der Waals surface area (Å²) in [5.74, 6) is 0.0500. The van der Waals surface area contributed by atoms with Crippen molar-refractivity contribution in [3.63, 3.8) is 0 Å². The molecule has 1 saturated heterocycles. The van der Waals surface area contributed by atoms with Gasteiger partial charge in [0, 0.05) is 25.2 Å². The molecule has 0 radical (unpaired) electrons. The maximum Gasteiger partial charge on any atom is 0.220 e. The van der Waals surface area contributed by atoms with Crippen molar-refractivity contribution in [2.45, 2.75) is 57.6 Å². The molecule has 0 bridgehead atoms. The second-order valence-electron chi connectivity index (χ2n) is 5.08. The van der Waals surface area contributed by atoms with Gasteiger partial charge in [0.2, 0.25) is 5.91 Å². The molecule has 2 N–H and O–H groups in total. The third-order valence-electron chi connectivity index (χ3n) is 2.93. The number of carbonyl (C=O) groups is 1. The van der Waals surface area contributed by atoms with E-state index in [0.717, 1.165) is 25.9 Å². The summed E-state index contributed by atoms with van der Waals surface area (Å²) in [6, 6.07) is 0. The Morgan fingerprint density at radius 1 is 1.56 bits per heavy atom. The Morgan fingerprint density at radius 3 is 2.88 bits per heavy atom. The van der Waals surface area contributed by atoms with Crippen LogP contribution in [0, 0.1) is 0 Å². The molecule has 94 valence electrons. The molecule has 1 atom stereocenters. The van der Waals surface area contributed by atoms with Gasteiger partial charge < -0.3 is 15.2 Å². The van der Waals surface area contributed by atoms with E-state index in [1.54, 1.807) is 0 Å². The Kier molecular flexibility index (Phi) is 5.22. The maximum atomic E-state index is 11.6. The van der Waals surface area contributed by atoms with Crippen LogP contribution in [0.4, 0.5) is 0 Å². The van der Waals surface area contributed by atoms with E-state index in [1.165, 1.54) is 0 Å². The number of rotatable bonds is 6. The van der Waals surface area contributed by atoms with Crippen LogP contribution in [0.5, 0.6) is 0 Å². The summed E-state index contributed by atoms with van der Waals surface area (Å²) in [4.78, 5) is 11.6. The van der Waals surface area contributed by atoms with Gasteiger partial charge in [0.1, 0.15) is 0 Å². The van der Waals surface area contributed by atoms with E-state index in [-0.39, 0.29) is 24.2 Å². The molecule has 0 aromatic rings. The van der Waals surface area contributed by atoms with Gasteiger partial charge in [-0.05, 0) is 39.5 Å². The fourth-order valence-electron chi connectivity index (χ4n) is 1.95. The van der Waals surface area contributed by atoms with E-state index in [1.807, 2.05) is 13.8 Å². The van der Waals surface area contributed by atoms with Gasteiger partial charge in [0.25, 0.3) is 0 Å². The minimum Gasteiger partial charge on any atom is -0.396 e. The van der Waals surface area contributed by atoms with Gasteiger partial charge in [-0.15, -0.1) is 0 Å². The van der Waals surface area contributed by atoms with Crippen molar-refractivity contribution >= 4 is 5.91 Å². The fraction of sp³-hybridized carbons (Fsp3) is 0.917. The zero-order valence-electron chi connectivity index (χ0n) is 10.3. The summed E-state index contributed by atoms with van der Waals surface area (Å²) in [6.07, 6.45) is 4.36. The molecule has 0 aromatic carbocycles. The molecule has 0 spiro atoms. The first-order valence-electron chi connectivity index (χ1n) is 6.07. The molecule has 0 aliphatic carbocycles. The highest BCUT2D eigenvalue weighted by molar-refractivity contribution is 5.76. The molecule has 1 unspecified atom stereocenters. The van der Waals surface area contributed by atoms with Gasteiger partial charge >= 0.3 is 0 Å². The number of aliphatic hydroxyl groups excluding tert-OH is 1. The van der Waals surface area contributed by atoms with Crippen LogP contribution in [0.2, 0.25) is 0 Å². The van der Waals surface area contributed by atoms with Crippen molar-refractivity contribution in [1.82, 2.24) is 5.32 Å². The Balaban J connectivity index is 2.19. The topological polar surface area (TPSA) is 58.6 Å². The minimum absolute atomic E-state index is 0.0500. The van der Waals surface area contributed by atoms with Crippen LogP contribution in [0.1, 0.15) is 46.0 Å². The molecule has 1 aliphatic rings. The average Bonchev–Trinajstić information content (AvgIpc) is 2.66. The lowest BCUT2D eigenvalue weighted by Crippen LogP contribution is -2.44. The highest BCUT2D eigenvalue weighted by Gasteiger charge is 2.21. The second-order valence-corrected chi connectivity index (χ2v) is 5.08. The number of nitrogens with one attached hydrogen (secondary N) is 1. The smallest absolute Gasteiger partial charge is 0.220 e. The molecule has 1 rings (SSSR count). The summed E-state index contributed by atoms with van der Waals surface area (Å²) in [5.41, 5.74) is -0.317. The number of ether oxygens (including phenoxy) is 1. The first kappa shape index (κ1) is 13.5. The lowest BCUT2D eigenvalue weighted by atomic mass is 10.0. The number of carbonyl (C=O) groups excluding carboxylic acids is 1. The zero-order valence-corrected chi connectivity index (χ0v) is 10.3. The highest BCUT2D eigenvalue weighted by Crippen LogP contribution is 2.17. The Labute approximate surface area is 97.4 Å². The monoisotopic (exact) mass is 229 g/mol. The van der Waals surface area contributed by atoms with Crippen LogP contribution in [0.15, 0.2) is 0 Å². The molecule has 1 fully saturated rings. The number of hydrogen-bond donors (Lipinski definition) is 2. The number of hydrogen-bond acceptors (Lipinski definition) is 3. The van der Waals surface area contributed by atoms with Crippen LogP contribution in [0.25, 0.3) is 0 Å². The fourth-order valence-corrected chi connectivity index (χ4v) is 1.95. The van der Waals surface area contributed by atoms with Gasteiger partial charge in [-0.25, -0.2) is 0 Å². The number of amides is 1. The summed E-state index contributed by atoms with van der Waals surface area (Å²) in [6.45, 7) is 4.78. The highest BCUT2D eigenvalue weighted by atomic mass is 16.5. The standard InChI is InChI=1S/C12H23NO3/c1-12(2,7-8-14)13-11(15)6-5-10-4-3-9-16-10/h10,14H,3-9H2,1-2H3,(H,13,15). The van der Waals surface area contributed by atoms with Gasteiger partial charge in [0.05, 0.1) is 6.10 Å². The molecular formula is C12H23NO3. The van der Waals surface area contributed by atoms with Crippen LogP contribution >= 0.6 is 0 Å². The zero-order chi connectivity index (χ0) is 12.0. The second kappa shape index (κ2) is 6.21. The van der Waals surface area contributed by atoms with E-state index in [9.17, 15) is 4.79 Å². The lowest BCUT2D eigenvalue weighted by molar-refractivity contribution is -0.123. The van der Waals surface area contributed by atoms with Gasteiger partial charge in [0.15, 0.2) is 0 Å². The molecule has 0 aromatic heterocycles. The van der Waals surface area contributed by atoms with Crippen LogP contribution in [-0.2, 0) is 9.53 Å². The van der Waals surface area contributed by atoms with Crippen molar-refractivity contribution in [2.75, 3.05) is 13.2 Å². The van der Waals surface area contributed by atoms with E-state index in [2.05, 4.69) is 5.32 Å². The normalized spacial score (nSPS) is 21.1. The number of aliphatic hydroxyl groups is 1. The Hall–Kier alpha value is -0.610. The van der Waals surface area contributed by atoms with Gasteiger partial charge in [-0.1, -0.05) is 0 Å². The molecule has 1 amide bonds. The lowest BCUT2D eigenvalue weighted by Gasteiger charge is -2.25. The van der Waals surface area contributed by atoms with Crippen LogP contribution in [-0.4, -0.2) is 35.9 Å². The van der Waals surface area contributed by atoms with Crippen LogP contribution < -0.4 is 5.32 Å². The maximum absolute atomic E-state index is 11.6. The van der Waals surface area contributed by atoms with Gasteiger partial charge in [-0.2, -0.15) is 0 Å². The summed E-state index contributed by atoms with van der Waals surface area (Å²) >= 11 is 0.